The lowest BCUT2D eigenvalue weighted by Gasteiger charge is -2.36. The number of benzene rings is 1. The topological polar surface area (TPSA) is 58.4 Å². The molecule has 0 saturated heterocycles. The van der Waals surface area contributed by atoms with Crippen molar-refractivity contribution < 1.29 is 4.79 Å². The second kappa shape index (κ2) is 6.37. The SMILES string of the molecule is CCCN(C)CC(NC1CC1)(C(N)=O)c1ccccc1. The van der Waals surface area contributed by atoms with Gasteiger partial charge in [-0.25, -0.2) is 0 Å². The highest BCUT2D eigenvalue weighted by molar-refractivity contribution is 5.86. The first kappa shape index (κ1) is 15.0. The molecule has 0 aromatic heterocycles. The molecule has 1 aliphatic rings. The van der Waals surface area contributed by atoms with Crippen molar-refractivity contribution in [1.29, 1.82) is 0 Å². The number of rotatable bonds is 8. The summed E-state index contributed by atoms with van der Waals surface area (Å²) in [5.74, 6) is -0.293. The lowest BCUT2D eigenvalue weighted by molar-refractivity contribution is -0.125. The van der Waals surface area contributed by atoms with Crippen LogP contribution in [0.5, 0.6) is 0 Å². The van der Waals surface area contributed by atoms with E-state index >= 15 is 0 Å². The van der Waals surface area contributed by atoms with E-state index in [0.29, 0.717) is 12.6 Å². The normalized spacial score (nSPS) is 17.9. The van der Waals surface area contributed by atoms with Gasteiger partial charge in [0.15, 0.2) is 0 Å². The van der Waals surface area contributed by atoms with Crippen molar-refractivity contribution >= 4 is 5.91 Å². The minimum Gasteiger partial charge on any atom is -0.368 e. The molecule has 3 N–H and O–H groups in total. The molecule has 0 radical (unpaired) electrons. The molecule has 20 heavy (non-hydrogen) atoms. The molecule has 1 amide bonds. The maximum absolute atomic E-state index is 12.3. The number of hydrogen-bond acceptors (Lipinski definition) is 3. The quantitative estimate of drug-likeness (QED) is 0.755. The molecule has 1 aromatic rings. The molecule has 0 bridgehead atoms. The number of nitrogens with two attached hydrogens (primary N) is 1. The summed E-state index contributed by atoms with van der Waals surface area (Å²) in [5.41, 5.74) is 5.97. The van der Waals surface area contributed by atoms with Crippen LogP contribution in [0.2, 0.25) is 0 Å². The summed E-state index contributed by atoms with van der Waals surface area (Å²) in [6.45, 7) is 3.70. The van der Waals surface area contributed by atoms with Crippen LogP contribution in [0, 0.1) is 0 Å². The summed E-state index contributed by atoms with van der Waals surface area (Å²) in [7, 11) is 2.04. The van der Waals surface area contributed by atoms with Gasteiger partial charge in [-0.05, 0) is 38.4 Å². The summed E-state index contributed by atoms with van der Waals surface area (Å²) in [6.07, 6.45) is 3.31. The zero-order valence-corrected chi connectivity index (χ0v) is 12.4. The minimum absolute atomic E-state index is 0.293. The molecular weight excluding hydrogens is 250 g/mol. The lowest BCUT2D eigenvalue weighted by Crippen LogP contribution is -2.59. The molecule has 4 heteroatoms. The summed E-state index contributed by atoms with van der Waals surface area (Å²) in [5, 5.41) is 3.49. The minimum atomic E-state index is -0.785. The van der Waals surface area contributed by atoms with Gasteiger partial charge in [-0.15, -0.1) is 0 Å². The van der Waals surface area contributed by atoms with Gasteiger partial charge in [0.25, 0.3) is 0 Å². The molecule has 2 rings (SSSR count). The van der Waals surface area contributed by atoms with Crippen molar-refractivity contribution in [3.05, 3.63) is 35.9 Å². The molecule has 4 nitrogen and oxygen atoms in total. The lowest BCUT2D eigenvalue weighted by atomic mass is 9.88. The van der Waals surface area contributed by atoms with E-state index in [-0.39, 0.29) is 5.91 Å². The fourth-order valence-electron chi connectivity index (χ4n) is 2.68. The summed E-state index contributed by atoms with van der Waals surface area (Å²) in [6, 6.07) is 10.3. The van der Waals surface area contributed by atoms with Gasteiger partial charge in [0.05, 0.1) is 0 Å². The Kier molecular flexibility index (Phi) is 4.78. The number of carbonyl (C=O) groups is 1. The van der Waals surface area contributed by atoms with Crippen LogP contribution in [0.1, 0.15) is 31.7 Å². The third-order valence-electron chi connectivity index (χ3n) is 3.83. The molecule has 110 valence electrons. The van der Waals surface area contributed by atoms with Gasteiger partial charge in [-0.3, -0.25) is 10.1 Å². The standard InChI is InChI=1S/C16H25N3O/c1-3-11-19(2)12-16(15(17)20,18-14-9-10-14)13-7-5-4-6-8-13/h4-8,14,18H,3,9-12H2,1-2H3,(H2,17,20). The first-order chi connectivity index (χ1) is 9.58. The zero-order chi connectivity index (χ0) is 14.6. The molecule has 1 aromatic carbocycles. The molecule has 1 aliphatic carbocycles. The van der Waals surface area contributed by atoms with Crippen LogP contribution in [0.25, 0.3) is 0 Å². The van der Waals surface area contributed by atoms with Crippen LogP contribution >= 0.6 is 0 Å². The highest BCUT2D eigenvalue weighted by Gasteiger charge is 2.43. The van der Waals surface area contributed by atoms with Crippen molar-refractivity contribution in [3.63, 3.8) is 0 Å². The van der Waals surface area contributed by atoms with Gasteiger partial charge in [-0.2, -0.15) is 0 Å². The Morgan fingerprint density at radius 3 is 2.55 bits per heavy atom. The van der Waals surface area contributed by atoms with Gasteiger partial charge in [0, 0.05) is 12.6 Å². The van der Waals surface area contributed by atoms with E-state index in [2.05, 4.69) is 17.1 Å². The van der Waals surface area contributed by atoms with Gasteiger partial charge >= 0.3 is 0 Å². The van der Waals surface area contributed by atoms with E-state index in [9.17, 15) is 4.79 Å². The fourth-order valence-corrected chi connectivity index (χ4v) is 2.68. The Morgan fingerprint density at radius 2 is 2.05 bits per heavy atom. The third kappa shape index (κ3) is 3.38. The van der Waals surface area contributed by atoms with E-state index in [1.165, 1.54) is 0 Å². The Balaban J connectivity index is 2.31. The largest absolute Gasteiger partial charge is 0.368 e. The van der Waals surface area contributed by atoms with Crippen molar-refractivity contribution in [3.8, 4) is 0 Å². The van der Waals surface area contributed by atoms with Gasteiger partial charge in [-0.1, -0.05) is 37.3 Å². The summed E-state index contributed by atoms with van der Waals surface area (Å²) >= 11 is 0. The summed E-state index contributed by atoms with van der Waals surface area (Å²) in [4.78, 5) is 14.4. The molecule has 1 atom stereocenters. The predicted octanol–water partition coefficient (Wildman–Crippen LogP) is 1.46. The Bertz CT molecular complexity index is 444. The molecule has 1 unspecified atom stereocenters. The first-order valence-corrected chi connectivity index (χ1v) is 7.40. The molecule has 1 fully saturated rings. The third-order valence-corrected chi connectivity index (χ3v) is 3.83. The van der Waals surface area contributed by atoms with Gasteiger partial charge in [0.1, 0.15) is 5.54 Å². The van der Waals surface area contributed by atoms with Crippen LogP contribution in [-0.2, 0) is 10.3 Å². The average Bonchev–Trinajstić information content (AvgIpc) is 3.23. The number of likely N-dealkylation sites (N-methyl/N-ethyl adjacent to an activating group) is 1. The number of nitrogens with zero attached hydrogens (tertiary/aromatic N) is 1. The first-order valence-electron chi connectivity index (χ1n) is 7.40. The number of hydrogen-bond donors (Lipinski definition) is 2. The van der Waals surface area contributed by atoms with Crippen molar-refractivity contribution in [2.45, 2.75) is 37.8 Å². The molecular formula is C16H25N3O. The van der Waals surface area contributed by atoms with E-state index in [1.54, 1.807) is 0 Å². The molecule has 0 spiro atoms. The smallest absolute Gasteiger partial charge is 0.243 e. The molecule has 0 aliphatic heterocycles. The second-order valence-electron chi connectivity index (χ2n) is 5.79. The highest BCUT2D eigenvalue weighted by atomic mass is 16.1. The van der Waals surface area contributed by atoms with E-state index in [1.807, 2.05) is 37.4 Å². The van der Waals surface area contributed by atoms with Crippen molar-refractivity contribution in [2.75, 3.05) is 20.1 Å². The molecule has 1 saturated carbocycles. The maximum Gasteiger partial charge on any atom is 0.243 e. The average molecular weight is 275 g/mol. The van der Waals surface area contributed by atoms with Crippen LogP contribution < -0.4 is 11.1 Å². The fraction of sp³-hybridized carbons (Fsp3) is 0.562. The van der Waals surface area contributed by atoms with Crippen LogP contribution in [0.3, 0.4) is 0 Å². The van der Waals surface area contributed by atoms with E-state index < -0.39 is 5.54 Å². The Labute approximate surface area is 121 Å². The number of carbonyl (C=O) groups excluding carboxylic acids is 1. The number of amides is 1. The predicted molar refractivity (Wildman–Crippen MR) is 81.3 cm³/mol. The van der Waals surface area contributed by atoms with E-state index in [0.717, 1.165) is 31.4 Å². The summed E-state index contributed by atoms with van der Waals surface area (Å²) < 4.78 is 0. The van der Waals surface area contributed by atoms with Crippen molar-refractivity contribution in [1.82, 2.24) is 10.2 Å². The zero-order valence-electron chi connectivity index (χ0n) is 12.4. The van der Waals surface area contributed by atoms with Gasteiger partial charge in [0.2, 0.25) is 5.91 Å². The number of nitrogens with one attached hydrogen (secondary N) is 1. The van der Waals surface area contributed by atoms with Crippen molar-refractivity contribution in [2.24, 2.45) is 5.73 Å². The Hall–Kier alpha value is -1.39. The van der Waals surface area contributed by atoms with Crippen LogP contribution in [-0.4, -0.2) is 37.0 Å². The Morgan fingerprint density at radius 1 is 1.40 bits per heavy atom. The highest BCUT2D eigenvalue weighted by Crippen LogP contribution is 2.29. The van der Waals surface area contributed by atoms with Gasteiger partial charge < -0.3 is 10.6 Å². The second-order valence-corrected chi connectivity index (χ2v) is 5.79. The van der Waals surface area contributed by atoms with Crippen LogP contribution in [0.4, 0.5) is 0 Å². The van der Waals surface area contributed by atoms with E-state index in [4.69, 9.17) is 5.73 Å². The van der Waals surface area contributed by atoms with Crippen LogP contribution in [0.15, 0.2) is 30.3 Å². The number of primary amides is 1. The maximum atomic E-state index is 12.3. The monoisotopic (exact) mass is 275 g/mol. The molecule has 0 heterocycles.